The molecule has 0 aliphatic heterocycles. The van der Waals surface area contributed by atoms with Crippen molar-refractivity contribution >= 4 is 11.7 Å². The smallest absolute Gasteiger partial charge is 0.288 e. The average Bonchev–Trinajstić information content (AvgIpc) is 2.16. The Hall–Kier alpha value is -1.64. The van der Waals surface area contributed by atoms with Gasteiger partial charge >= 0.3 is 0 Å². The molecule has 1 aromatic carbocycles. The molecule has 0 saturated heterocycles. The van der Waals surface area contributed by atoms with Crippen molar-refractivity contribution < 1.29 is 9.59 Å². The van der Waals surface area contributed by atoms with E-state index in [2.05, 4.69) is 5.32 Å². The number of carbonyl (C=O) groups excluding carboxylic acids is 2. The third-order valence-electron chi connectivity index (χ3n) is 1.95. The Bertz CT molecular complexity index is 377. The van der Waals surface area contributed by atoms with Gasteiger partial charge in [0.15, 0.2) is 0 Å². The summed E-state index contributed by atoms with van der Waals surface area (Å²) in [6.45, 7) is 5.54. The van der Waals surface area contributed by atoms with E-state index >= 15 is 0 Å². The molecule has 0 saturated carbocycles. The highest BCUT2D eigenvalue weighted by atomic mass is 16.2. The maximum Gasteiger partial charge on any atom is 0.288 e. The minimum Gasteiger partial charge on any atom is -0.345 e. The van der Waals surface area contributed by atoms with Crippen molar-refractivity contribution in [3.63, 3.8) is 0 Å². The maximum atomic E-state index is 11.6. The summed E-state index contributed by atoms with van der Waals surface area (Å²) in [5.74, 6) is -0.919. The van der Waals surface area contributed by atoms with Crippen LogP contribution in [0.2, 0.25) is 0 Å². The molecule has 1 amide bonds. The van der Waals surface area contributed by atoms with Crippen LogP contribution in [0.1, 0.15) is 26.3 Å². The Morgan fingerprint density at radius 3 is 2.19 bits per heavy atom. The number of carbonyl (C=O) groups is 2. The second kappa shape index (κ2) is 4.92. The Kier molecular flexibility index (Phi) is 3.82. The van der Waals surface area contributed by atoms with E-state index in [1.807, 2.05) is 51.1 Å². The van der Waals surface area contributed by atoms with E-state index in [0.29, 0.717) is 0 Å². The lowest BCUT2D eigenvalue weighted by Crippen LogP contribution is -2.44. The van der Waals surface area contributed by atoms with Crippen LogP contribution in [0.15, 0.2) is 30.3 Å². The Balaban J connectivity index is 2.57. The zero-order valence-corrected chi connectivity index (χ0v) is 9.91. The highest BCUT2D eigenvalue weighted by Crippen LogP contribution is 2.02. The monoisotopic (exact) mass is 219 g/mol. The molecule has 0 aliphatic carbocycles. The van der Waals surface area contributed by atoms with E-state index in [1.165, 1.54) is 0 Å². The van der Waals surface area contributed by atoms with Crippen molar-refractivity contribution in [2.45, 2.75) is 32.7 Å². The molecular formula is C13H17NO2. The molecule has 0 atom stereocenters. The molecule has 3 heteroatoms. The second-order valence-electron chi connectivity index (χ2n) is 4.79. The molecule has 0 fully saturated rings. The quantitative estimate of drug-likeness (QED) is 0.787. The van der Waals surface area contributed by atoms with Gasteiger partial charge in [-0.15, -0.1) is 0 Å². The molecule has 0 heterocycles. The molecule has 3 nitrogen and oxygen atoms in total. The van der Waals surface area contributed by atoms with Gasteiger partial charge in [0, 0.05) is 12.0 Å². The standard InChI is InChI=1S/C13H17NO2/c1-13(2,3)14-12(16)11(15)9-10-7-5-4-6-8-10/h4-8H,9H2,1-3H3,(H,14,16). The van der Waals surface area contributed by atoms with Gasteiger partial charge in [-0.1, -0.05) is 30.3 Å². The van der Waals surface area contributed by atoms with Gasteiger partial charge in [-0.3, -0.25) is 9.59 Å². The molecule has 16 heavy (non-hydrogen) atoms. The van der Waals surface area contributed by atoms with Gasteiger partial charge in [-0.05, 0) is 26.3 Å². The van der Waals surface area contributed by atoms with E-state index < -0.39 is 11.7 Å². The molecule has 86 valence electrons. The zero-order valence-electron chi connectivity index (χ0n) is 9.91. The Morgan fingerprint density at radius 1 is 1.12 bits per heavy atom. The summed E-state index contributed by atoms with van der Waals surface area (Å²) in [6, 6.07) is 9.25. The second-order valence-corrected chi connectivity index (χ2v) is 4.79. The first kappa shape index (κ1) is 12.4. The minimum absolute atomic E-state index is 0.156. The van der Waals surface area contributed by atoms with Crippen LogP contribution in [0.25, 0.3) is 0 Å². The largest absolute Gasteiger partial charge is 0.345 e. The number of ketones is 1. The lowest BCUT2D eigenvalue weighted by molar-refractivity contribution is -0.138. The fourth-order valence-corrected chi connectivity index (χ4v) is 1.27. The van der Waals surface area contributed by atoms with E-state index in [4.69, 9.17) is 0 Å². The van der Waals surface area contributed by atoms with Crippen molar-refractivity contribution in [1.29, 1.82) is 0 Å². The number of Topliss-reactive ketones (excluding diaryl/α,β-unsaturated/α-hetero) is 1. The van der Waals surface area contributed by atoms with E-state index in [-0.39, 0.29) is 12.0 Å². The van der Waals surface area contributed by atoms with Crippen LogP contribution < -0.4 is 5.32 Å². The van der Waals surface area contributed by atoms with Crippen molar-refractivity contribution in [2.24, 2.45) is 0 Å². The van der Waals surface area contributed by atoms with E-state index in [9.17, 15) is 9.59 Å². The molecular weight excluding hydrogens is 202 g/mol. The number of benzene rings is 1. The molecule has 0 aliphatic rings. The van der Waals surface area contributed by atoms with Crippen LogP contribution in [-0.4, -0.2) is 17.2 Å². The Labute approximate surface area is 95.9 Å². The highest BCUT2D eigenvalue weighted by Gasteiger charge is 2.19. The minimum atomic E-state index is -0.517. The SMILES string of the molecule is CC(C)(C)NC(=O)C(=O)Cc1ccccc1. The van der Waals surface area contributed by atoms with Gasteiger partial charge < -0.3 is 5.32 Å². The van der Waals surface area contributed by atoms with Gasteiger partial charge in [0.25, 0.3) is 5.91 Å². The molecule has 0 aromatic heterocycles. The molecule has 1 N–H and O–H groups in total. The summed E-state index contributed by atoms with van der Waals surface area (Å²) < 4.78 is 0. The number of amides is 1. The van der Waals surface area contributed by atoms with Crippen LogP contribution in [0, 0.1) is 0 Å². The molecule has 1 aromatic rings. The summed E-state index contributed by atoms with van der Waals surface area (Å²) in [4.78, 5) is 23.1. The number of nitrogens with one attached hydrogen (secondary N) is 1. The van der Waals surface area contributed by atoms with Crippen LogP contribution >= 0.6 is 0 Å². The van der Waals surface area contributed by atoms with Gasteiger partial charge in [-0.25, -0.2) is 0 Å². The first-order valence-corrected chi connectivity index (χ1v) is 5.28. The number of hydrogen-bond acceptors (Lipinski definition) is 2. The predicted molar refractivity (Wildman–Crippen MR) is 63.0 cm³/mol. The van der Waals surface area contributed by atoms with Crippen LogP contribution in [0.4, 0.5) is 0 Å². The van der Waals surface area contributed by atoms with Gasteiger partial charge in [-0.2, -0.15) is 0 Å². The summed E-state index contributed by atoms with van der Waals surface area (Å²) in [6.07, 6.45) is 0.156. The third kappa shape index (κ3) is 4.26. The first-order chi connectivity index (χ1) is 7.38. The molecule has 1 rings (SSSR count). The molecule has 0 unspecified atom stereocenters. The number of hydrogen-bond donors (Lipinski definition) is 1. The maximum absolute atomic E-state index is 11.6. The average molecular weight is 219 g/mol. The van der Waals surface area contributed by atoms with Crippen LogP contribution in [0.3, 0.4) is 0 Å². The van der Waals surface area contributed by atoms with Crippen LogP contribution in [0.5, 0.6) is 0 Å². The topological polar surface area (TPSA) is 46.2 Å². The zero-order chi connectivity index (χ0) is 12.2. The molecule has 0 spiro atoms. The van der Waals surface area contributed by atoms with Gasteiger partial charge in [0.2, 0.25) is 5.78 Å². The van der Waals surface area contributed by atoms with Crippen molar-refractivity contribution in [3.05, 3.63) is 35.9 Å². The normalized spacial score (nSPS) is 10.9. The van der Waals surface area contributed by atoms with Crippen LogP contribution in [-0.2, 0) is 16.0 Å². The van der Waals surface area contributed by atoms with Gasteiger partial charge in [0.05, 0.1) is 0 Å². The van der Waals surface area contributed by atoms with E-state index in [1.54, 1.807) is 0 Å². The lowest BCUT2D eigenvalue weighted by atomic mass is 10.1. The molecule has 0 bridgehead atoms. The highest BCUT2D eigenvalue weighted by molar-refractivity contribution is 6.36. The first-order valence-electron chi connectivity index (χ1n) is 5.28. The summed E-state index contributed by atoms with van der Waals surface area (Å²) in [5.41, 5.74) is 0.486. The number of rotatable bonds is 3. The van der Waals surface area contributed by atoms with E-state index in [0.717, 1.165) is 5.56 Å². The third-order valence-corrected chi connectivity index (χ3v) is 1.95. The van der Waals surface area contributed by atoms with Gasteiger partial charge in [0.1, 0.15) is 0 Å². The summed E-state index contributed by atoms with van der Waals surface area (Å²) in [5, 5.41) is 2.65. The summed E-state index contributed by atoms with van der Waals surface area (Å²) >= 11 is 0. The molecule has 0 radical (unpaired) electrons. The fraction of sp³-hybridized carbons (Fsp3) is 0.385. The lowest BCUT2D eigenvalue weighted by Gasteiger charge is -2.19. The summed E-state index contributed by atoms with van der Waals surface area (Å²) in [7, 11) is 0. The fourth-order valence-electron chi connectivity index (χ4n) is 1.27. The predicted octanol–water partition coefficient (Wildman–Crippen LogP) is 1.71. The van der Waals surface area contributed by atoms with Crippen molar-refractivity contribution in [2.75, 3.05) is 0 Å². The Morgan fingerprint density at radius 2 is 1.69 bits per heavy atom. The van der Waals surface area contributed by atoms with Crippen molar-refractivity contribution in [1.82, 2.24) is 5.32 Å². The van der Waals surface area contributed by atoms with Crippen molar-refractivity contribution in [3.8, 4) is 0 Å².